The minimum Gasteiger partial charge on any atom is -0.482 e. The smallest absolute Gasteiger partial charge is 0.276 e. The Morgan fingerprint density at radius 1 is 1.12 bits per heavy atom. The summed E-state index contributed by atoms with van der Waals surface area (Å²) in [7, 11) is 0. The van der Waals surface area contributed by atoms with Crippen molar-refractivity contribution in [3.8, 4) is 5.75 Å². The largest absolute Gasteiger partial charge is 0.482 e. The van der Waals surface area contributed by atoms with Crippen molar-refractivity contribution in [2.75, 3.05) is 6.61 Å². The van der Waals surface area contributed by atoms with E-state index in [1.807, 2.05) is 43.3 Å². The highest BCUT2D eigenvalue weighted by molar-refractivity contribution is 6.35. The fourth-order valence-electron chi connectivity index (χ4n) is 1.97. The molecule has 0 unspecified atom stereocenters. The minimum atomic E-state index is -0.320. The summed E-state index contributed by atoms with van der Waals surface area (Å²) >= 11 is 11.8. The van der Waals surface area contributed by atoms with Gasteiger partial charge in [0.1, 0.15) is 5.75 Å². The number of nitrogens with one attached hydrogen (secondary N) is 2. The molecule has 0 aliphatic rings. The van der Waals surface area contributed by atoms with E-state index in [1.165, 1.54) is 0 Å². The maximum Gasteiger partial charge on any atom is 0.276 e. The third kappa shape index (κ3) is 5.48. The Hall–Kier alpha value is -2.17. The number of amides is 1. The zero-order valence-electron chi connectivity index (χ0n) is 13.2. The van der Waals surface area contributed by atoms with Crippen molar-refractivity contribution >= 4 is 34.8 Å². The molecule has 24 heavy (non-hydrogen) atoms. The number of benzene rings is 2. The van der Waals surface area contributed by atoms with Crippen LogP contribution in [0.25, 0.3) is 5.70 Å². The van der Waals surface area contributed by atoms with Crippen molar-refractivity contribution in [1.29, 1.82) is 0 Å². The molecule has 1 amide bonds. The van der Waals surface area contributed by atoms with E-state index in [4.69, 9.17) is 27.9 Å². The first kappa shape index (κ1) is 18.2. The number of hydrogen-bond acceptors (Lipinski definition) is 3. The van der Waals surface area contributed by atoms with Crippen LogP contribution in [0.2, 0.25) is 10.0 Å². The third-order valence-electron chi connectivity index (χ3n) is 3.08. The van der Waals surface area contributed by atoms with Crippen LogP contribution in [0.5, 0.6) is 5.75 Å². The fourth-order valence-corrected chi connectivity index (χ4v) is 2.43. The van der Waals surface area contributed by atoms with Crippen molar-refractivity contribution < 1.29 is 9.53 Å². The van der Waals surface area contributed by atoms with Crippen molar-refractivity contribution in [3.63, 3.8) is 0 Å². The Labute approximate surface area is 151 Å². The molecular weight excluding hydrogens is 347 g/mol. The molecule has 0 aliphatic carbocycles. The van der Waals surface area contributed by atoms with Gasteiger partial charge in [-0.15, -0.1) is 0 Å². The summed E-state index contributed by atoms with van der Waals surface area (Å²) in [5, 5.41) is 0.870. The second-order valence-electron chi connectivity index (χ2n) is 4.93. The monoisotopic (exact) mass is 364 g/mol. The SMILES string of the molecule is CCC=C(NNC(=O)COc1ccc(Cl)cc1Cl)c1ccccc1. The predicted octanol–water partition coefficient (Wildman–Crippen LogP) is 4.44. The van der Waals surface area contributed by atoms with Gasteiger partial charge < -0.3 is 4.74 Å². The molecule has 0 heterocycles. The van der Waals surface area contributed by atoms with Crippen LogP contribution in [-0.4, -0.2) is 12.5 Å². The summed E-state index contributed by atoms with van der Waals surface area (Å²) in [6, 6.07) is 14.6. The summed E-state index contributed by atoms with van der Waals surface area (Å²) in [4.78, 5) is 11.9. The maximum absolute atomic E-state index is 11.9. The molecule has 0 aliphatic heterocycles. The molecule has 2 N–H and O–H groups in total. The quantitative estimate of drug-likeness (QED) is 0.713. The highest BCUT2D eigenvalue weighted by Crippen LogP contribution is 2.27. The highest BCUT2D eigenvalue weighted by Gasteiger charge is 2.07. The third-order valence-corrected chi connectivity index (χ3v) is 3.61. The van der Waals surface area contributed by atoms with E-state index in [-0.39, 0.29) is 12.5 Å². The Kier molecular flexibility index (Phi) is 6.97. The molecule has 0 fully saturated rings. The summed E-state index contributed by atoms with van der Waals surface area (Å²) in [5.41, 5.74) is 7.36. The van der Waals surface area contributed by atoms with E-state index in [0.717, 1.165) is 17.7 Å². The van der Waals surface area contributed by atoms with Gasteiger partial charge in [0.25, 0.3) is 5.91 Å². The van der Waals surface area contributed by atoms with E-state index in [2.05, 4.69) is 10.9 Å². The molecule has 4 nitrogen and oxygen atoms in total. The van der Waals surface area contributed by atoms with Crippen molar-refractivity contribution in [2.45, 2.75) is 13.3 Å². The number of halogens is 2. The summed E-state index contributed by atoms with van der Waals surface area (Å²) in [5.74, 6) is 0.0857. The highest BCUT2D eigenvalue weighted by atomic mass is 35.5. The number of carbonyl (C=O) groups excluding carboxylic acids is 1. The first-order valence-corrected chi connectivity index (χ1v) is 8.24. The van der Waals surface area contributed by atoms with Gasteiger partial charge >= 0.3 is 0 Å². The van der Waals surface area contributed by atoms with Crippen LogP contribution < -0.4 is 15.6 Å². The van der Waals surface area contributed by atoms with Crippen LogP contribution in [-0.2, 0) is 4.79 Å². The normalized spacial score (nSPS) is 11.0. The van der Waals surface area contributed by atoms with E-state index in [1.54, 1.807) is 18.2 Å². The second kappa shape index (κ2) is 9.21. The second-order valence-corrected chi connectivity index (χ2v) is 5.77. The van der Waals surface area contributed by atoms with Crippen LogP contribution in [0.4, 0.5) is 0 Å². The fraction of sp³-hybridized carbons (Fsp3) is 0.167. The average molecular weight is 365 g/mol. The number of rotatable bonds is 7. The van der Waals surface area contributed by atoms with Crippen molar-refractivity contribution in [1.82, 2.24) is 10.9 Å². The zero-order valence-corrected chi connectivity index (χ0v) is 14.7. The summed E-state index contributed by atoms with van der Waals surface area (Å²) in [6.07, 6.45) is 2.83. The molecule has 2 aromatic rings. The van der Waals surface area contributed by atoms with Gasteiger partial charge in [0, 0.05) is 5.02 Å². The summed E-state index contributed by atoms with van der Waals surface area (Å²) in [6.45, 7) is 1.86. The molecule has 0 aromatic heterocycles. The molecular formula is C18H18Cl2N2O2. The number of hydrazine groups is 1. The van der Waals surface area contributed by atoms with Gasteiger partial charge in [-0.25, -0.2) is 0 Å². The van der Waals surface area contributed by atoms with Gasteiger partial charge in [-0.2, -0.15) is 0 Å². The molecule has 0 saturated heterocycles. The van der Waals surface area contributed by atoms with E-state index in [0.29, 0.717) is 15.8 Å². The van der Waals surface area contributed by atoms with E-state index < -0.39 is 0 Å². The van der Waals surface area contributed by atoms with Gasteiger partial charge in [0.2, 0.25) is 0 Å². The Morgan fingerprint density at radius 3 is 2.54 bits per heavy atom. The zero-order chi connectivity index (χ0) is 17.4. The van der Waals surface area contributed by atoms with E-state index >= 15 is 0 Å². The molecule has 2 rings (SSSR count). The first-order valence-electron chi connectivity index (χ1n) is 7.48. The Bertz CT molecular complexity index is 718. The molecule has 6 heteroatoms. The van der Waals surface area contributed by atoms with Crippen molar-refractivity contribution in [3.05, 3.63) is 70.2 Å². The molecule has 0 radical (unpaired) electrons. The van der Waals surface area contributed by atoms with E-state index in [9.17, 15) is 4.79 Å². The number of ether oxygens (including phenoxy) is 1. The minimum absolute atomic E-state index is 0.164. The molecule has 0 saturated carbocycles. The topological polar surface area (TPSA) is 50.4 Å². The molecule has 2 aromatic carbocycles. The molecule has 0 atom stereocenters. The van der Waals surface area contributed by atoms with Crippen LogP contribution in [0.3, 0.4) is 0 Å². The van der Waals surface area contributed by atoms with Gasteiger partial charge in [0.15, 0.2) is 6.61 Å². The molecule has 126 valence electrons. The lowest BCUT2D eigenvalue weighted by Crippen LogP contribution is -2.39. The van der Waals surface area contributed by atoms with Gasteiger partial charge in [-0.1, -0.05) is 66.5 Å². The average Bonchev–Trinajstić information content (AvgIpc) is 2.58. The lowest BCUT2D eigenvalue weighted by Gasteiger charge is -2.13. The Morgan fingerprint density at radius 2 is 1.88 bits per heavy atom. The summed E-state index contributed by atoms with van der Waals surface area (Å²) < 4.78 is 5.39. The van der Waals surface area contributed by atoms with Crippen LogP contribution >= 0.6 is 23.2 Å². The van der Waals surface area contributed by atoms with Gasteiger partial charge in [0.05, 0.1) is 10.7 Å². The lowest BCUT2D eigenvalue weighted by molar-refractivity contribution is -0.123. The van der Waals surface area contributed by atoms with Gasteiger partial charge in [-0.05, 0) is 30.2 Å². The van der Waals surface area contributed by atoms with Gasteiger partial charge in [-0.3, -0.25) is 15.6 Å². The Balaban J connectivity index is 1.88. The predicted molar refractivity (Wildman–Crippen MR) is 97.9 cm³/mol. The van der Waals surface area contributed by atoms with Crippen LogP contribution in [0, 0.1) is 0 Å². The maximum atomic E-state index is 11.9. The number of allylic oxidation sites excluding steroid dienone is 1. The van der Waals surface area contributed by atoms with Crippen LogP contribution in [0.1, 0.15) is 18.9 Å². The lowest BCUT2D eigenvalue weighted by atomic mass is 10.1. The van der Waals surface area contributed by atoms with Crippen LogP contribution in [0.15, 0.2) is 54.6 Å². The first-order chi connectivity index (χ1) is 11.6. The molecule has 0 bridgehead atoms. The number of hydrogen-bond donors (Lipinski definition) is 2. The standard InChI is InChI=1S/C18H18Cl2N2O2/c1-2-6-16(13-7-4-3-5-8-13)21-22-18(23)12-24-17-10-9-14(19)11-15(17)20/h3-11,21H,2,12H2,1H3,(H,22,23). The number of carbonyl (C=O) groups is 1. The van der Waals surface area contributed by atoms with Crippen molar-refractivity contribution in [2.24, 2.45) is 0 Å². The molecule has 0 spiro atoms.